The minimum Gasteiger partial charge on any atom is -0.478 e. The number of pyridine rings is 1. The molecule has 92 valence electrons. The number of hydrogen-bond donors (Lipinski definition) is 3. The Morgan fingerprint density at radius 1 is 1.59 bits per heavy atom. The molecule has 5 nitrogen and oxygen atoms in total. The van der Waals surface area contributed by atoms with Crippen molar-refractivity contribution in [1.82, 2.24) is 4.98 Å². The highest BCUT2D eigenvalue weighted by Gasteiger charge is 2.37. The predicted octanol–water partition coefficient (Wildman–Crippen LogP) is 1.25. The van der Waals surface area contributed by atoms with Crippen LogP contribution < -0.4 is 5.32 Å². The summed E-state index contributed by atoms with van der Waals surface area (Å²) >= 11 is 0. The summed E-state index contributed by atoms with van der Waals surface area (Å²) in [7, 11) is 0. The van der Waals surface area contributed by atoms with E-state index >= 15 is 0 Å². The average Bonchev–Trinajstić information content (AvgIpc) is 2.25. The molecule has 0 bridgehead atoms. The van der Waals surface area contributed by atoms with Gasteiger partial charge in [0.1, 0.15) is 17.2 Å². The molecule has 1 heterocycles. The number of halogens is 1. The third-order valence-corrected chi connectivity index (χ3v) is 3.08. The van der Waals surface area contributed by atoms with E-state index in [1.165, 1.54) is 0 Å². The SMILES string of the molecule is O=C(O)c1cc(F)cnc1NC1(CO)CCC1. The van der Waals surface area contributed by atoms with Crippen LogP contribution >= 0.6 is 0 Å². The highest BCUT2D eigenvalue weighted by Crippen LogP contribution is 2.35. The first-order chi connectivity index (χ1) is 8.06. The van der Waals surface area contributed by atoms with Crippen molar-refractivity contribution >= 4 is 11.8 Å². The van der Waals surface area contributed by atoms with E-state index in [1.54, 1.807) is 0 Å². The van der Waals surface area contributed by atoms with Gasteiger partial charge in [-0.2, -0.15) is 0 Å². The van der Waals surface area contributed by atoms with Gasteiger partial charge in [0.25, 0.3) is 0 Å². The van der Waals surface area contributed by atoms with Crippen LogP contribution in [-0.4, -0.2) is 33.3 Å². The van der Waals surface area contributed by atoms with Crippen LogP contribution in [0.25, 0.3) is 0 Å². The molecule has 1 aromatic rings. The molecule has 0 amide bonds. The number of nitrogens with zero attached hydrogens (tertiary/aromatic N) is 1. The van der Waals surface area contributed by atoms with Gasteiger partial charge in [-0.05, 0) is 25.3 Å². The lowest BCUT2D eigenvalue weighted by atomic mass is 9.77. The molecule has 1 saturated carbocycles. The maximum atomic E-state index is 12.9. The fourth-order valence-corrected chi connectivity index (χ4v) is 1.88. The lowest BCUT2D eigenvalue weighted by Gasteiger charge is -2.41. The van der Waals surface area contributed by atoms with Crippen LogP contribution in [0.4, 0.5) is 10.2 Å². The molecule has 0 atom stereocenters. The van der Waals surface area contributed by atoms with Gasteiger partial charge in [-0.25, -0.2) is 14.2 Å². The van der Waals surface area contributed by atoms with Crippen molar-refractivity contribution < 1.29 is 19.4 Å². The van der Waals surface area contributed by atoms with E-state index in [4.69, 9.17) is 5.11 Å². The number of rotatable bonds is 4. The van der Waals surface area contributed by atoms with E-state index in [-0.39, 0.29) is 18.0 Å². The number of carbonyl (C=O) groups is 1. The summed E-state index contributed by atoms with van der Waals surface area (Å²) in [6.45, 7) is -0.0921. The number of hydrogen-bond acceptors (Lipinski definition) is 4. The van der Waals surface area contributed by atoms with Crippen molar-refractivity contribution in [3.05, 3.63) is 23.6 Å². The summed E-state index contributed by atoms with van der Waals surface area (Å²) < 4.78 is 12.9. The largest absolute Gasteiger partial charge is 0.478 e. The summed E-state index contributed by atoms with van der Waals surface area (Å²) in [5.74, 6) is -1.83. The predicted molar refractivity (Wildman–Crippen MR) is 58.4 cm³/mol. The molecule has 0 unspecified atom stereocenters. The van der Waals surface area contributed by atoms with Gasteiger partial charge in [0, 0.05) is 0 Å². The van der Waals surface area contributed by atoms with Gasteiger partial charge in [0.15, 0.2) is 0 Å². The second-order valence-corrected chi connectivity index (χ2v) is 4.27. The van der Waals surface area contributed by atoms with E-state index in [2.05, 4.69) is 10.3 Å². The fourth-order valence-electron chi connectivity index (χ4n) is 1.88. The van der Waals surface area contributed by atoms with E-state index in [0.29, 0.717) is 0 Å². The van der Waals surface area contributed by atoms with E-state index in [9.17, 15) is 14.3 Å². The quantitative estimate of drug-likeness (QED) is 0.737. The zero-order valence-corrected chi connectivity index (χ0v) is 9.11. The zero-order valence-electron chi connectivity index (χ0n) is 9.11. The molecule has 17 heavy (non-hydrogen) atoms. The molecular formula is C11H13FN2O3. The monoisotopic (exact) mass is 240 g/mol. The minimum atomic E-state index is -1.24. The third kappa shape index (κ3) is 2.21. The first-order valence-corrected chi connectivity index (χ1v) is 5.34. The lowest BCUT2D eigenvalue weighted by Crippen LogP contribution is -2.48. The van der Waals surface area contributed by atoms with Crippen LogP contribution in [0.2, 0.25) is 0 Å². The van der Waals surface area contributed by atoms with Crippen molar-refractivity contribution in [3.63, 3.8) is 0 Å². The first kappa shape index (κ1) is 11.8. The number of aromatic nitrogens is 1. The molecular weight excluding hydrogens is 227 g/mol. The minimum absolute atomic E-state index is 0.0921. The van der Waals surface area contributed by atoms with E-state index in [0.717, 1.165) is 31.5 Å². The standard InChI is InChI=1S/C11H13FN2O3/c12-7-4-8(10(16)17)9(13-5-7)14-11(6-15)2-1-3-11/h4-5,15H,1-3,6H2,(H,13,14)(H,16,17). The number of carboxylic acids is 1. The summed E-state index contributed by atoms with van der Waals surface area (Å²) in [6, 6.07) is 0.918. The Morgan fingerprint density at radius 2 is 2.29 bits per heavy atom. The van der Waals surface area contributed by atoms with Gasteiger partial charge in [0.2, 0.25) is 0 Å². The number of aliphatic hydroxyl groups is 1. The Balaban J connectivity index is 2.29. The molecule has 0 aromatic carbocycles. The zero-order chi connectivity index (χ0) is 12.5. The van der Waals surface area contributed by atoms with Crippen molar-refractivity contribution in [2.75, 3.05) is 11.9 Å². The lowest BCUT2D eigenvalue weighted by molar-refractivity contribution is 0.0696. The van der Waals surface area contributed by atoms with Crippen LogP contribution in [0, 0.1) is 5.82 Å². The average molecular weight is 240 g/mol. The van der Waals surface area contributed by atoms with Crippen LogP contribution in [-0.2, 0) is 0 Å². The fraction of sp³-hybridized carbons (Fsp3) is 0.455. The smallest absolute Gasteiger partial charge is 0.339 e. The molecule has 1 aromatic heterocycles. The molecule has 0 spiro atoms. The Morgan fingerprint density at radius 3 is 2.76 bits per heavy atom. The summed E-state index contributed by atoms with van der Waals surface area (Å²) in [6.07, 6.45) is 3.43. The third-order valence-electron chi connectivity index (χ3n) is 3.08. The molecule has 0 saturated heterocycles. The normalized spacial score (nSPS) is 17.3. The van der Waals surface area contributed by atoms with Crippen molar-refractivity contribution in [2.45, 2.75) is 24.8 Å². The molecule has 6 heteroatoms. The number of aromatic carboxylic acids is 1. The van der Waals surface area contributed by atoms with Gasteiger partial charge >= 0.3 is 5.97 Å². The number of anilines is 1. The Hall–Kier alpha value is -1.69. The first-order valence-electron chi connectivity index (χ1n) is 5.34. The second kappa shape index (κ2) is 4.29. The molecule has 1 aliphatic rings. The summed E-state index contributed by atoms with van der Waals surface area (Å²) in [5, 5.41) is 21.1. The van der Waals surface area contributed by atoms with Crippen LogP contribution in [0.5, 0.6) is 0 Å². The van der Waals surface area contributed by atoms with Gasteiger partial charge in [-0.1, -0.05) is 0 Å². The number of nitrogens with one attached hydrogen (secondary N) is 1. The van der Waals surface area contributed by atoms with Crippen molar-refractivity contribution in [1.29, 1.82) is 0 Å². The van der Waals surface area contributed by atoms with Gasteiger partial charge in [-0.15, -0.1) is 0 Å². The summed E-state index contributed by atoms with van der Waals surface area (Å²) in [4.78, 5) is 14.7. The molecule has 2 rings (SSSR count). The second-order valence-electron chi connectivity index (χ2n) is 4.27. The topological polar surface area (TPSA) is 82.5 Å². The molecule has 0 radical (unpaired) electrons. The molecule has 0 aliphatic heterocycles. The number of carboxylic acid groups (broad SMARTS) is 1. The van der Waals surface area contributed by atoms with Crippen LogP contribution in [0.15, 0.2) is 12.3 Å². The van der Waals surface area contributed by atoms with Crippen LogP contribution in [0.3, 0.4) is 0 Å². The Kier molecular flexibility index (Phi) is 2.97. The van der Waals surface area contributed by atoms with Gasteiger partial charge < -0.3 is 15.5 Å². The Labute approximate surface area is 97.3 Å². The number of aliphatic hydroxyl groups excluding tert-OH is 1. The molecule has 1 fully saturated rings. The van der Waals surface area contributed by atoms with Crippen LogP contribution in [0.1, 0.15) is 29.6 Å². The van der Waals surface area contributed by atoms with E-state index in [1.807, 2.05) is 0 Å². The van der Waals surface area contributed by atoms with Gasteiger partial charge in [-0.3, -0.25) is 0 Å². The Bertz CT molecular complexity index is 441. The van der Waals surface area contributed by atoms with Gasteiger partial charge in [0.05, 0.1) is 18.3 Å². The molecule has 3 N–H and O–H groups in total. The summed E-state index contributed by atoms with van der Waals surface area (Å²) in [5.41, 5.74) is -0.723. The maximum Gasteiger partial charge on any atom is 0.339 e. The highest BCUT2D eigenvalue weighted by atomic mass is 19.1. The van der Waals surface area contributed by atoms with Crippen molar-refractivity contribution in [2.24, 2.45) is 0 Å². The van der Waals surface area contributed by atoms with Crippen molar-refractivity contribution in [3.8, 4) is 0 Å². The maximum absolute atomic E-state index is 12.9. The van der Waals surface area contributed by atoms with E-state index < -0.39 is 17.3 Å². The highest BCUT2D eigenvalue weighted by molar-refractivity contribution is 5.93. The molecule has 1 aliphatic carbocycles.